The second-order valence-electron chi connectivity index (χ2n) is 5.64. The van der Waals surface area contributed by atoms with Gasteiger partial charge in [0.2, 0.25) is 5.89 Å². The number of carbonyl (C=O) groups excluding carboxylic acids is 1. The molecule has 0 aliphatic carbocycles. The summed E-state index contributed by atoms with van der Waals surface area (Å²) >= 11 is 5.91. The molecule has 1 atom stereocenters. The molecule has 1 heterocycles. The lowest BCUT2D eigenvalue weighted by Crippen LogP contribution is -2.06. The molecule has 1 aromatic heterocycles. The molecule has 3 rings (SSSR count). The standard InChI is InChI=1S/C20H17ClN2O4/c1-13(26-18(24)11-6-14-4-3-5-16(21)12-14)19-22-23-20(27-19)15-7-9-17(25-2)10-8-15/h3-13H,1-2H3/b11-6+/t13-/m1/s1. The monoisotopic (exact) mass is 384 g/mol. The maximum Gasteiger partial charge on any atom is 0.331 e. The van der Waals surface area contributed by atoms with Gasteiger partial charge in [0.25, 0.3) is 5.89 Å². The minimum atomic E-state index is -0.680. The number of ether oxygens (including phenoxy) is 2. The van der Waals surface area contributed by atoms with Gasteiger partial charge in [0.1, 0.15) is 5.75 Å². The molecule has 6 nitrogen and oxygen atoms in total. The fourth-order valence-electron chi connectivity index (χ4n) is 2.29. The first kappa shape index (κ1) is 18.7. The summed E-state index contributed by atoms with van der Waals surface area (Å²) in [5, 5.41) is 8.54. The number of benzene rings is 2. The lowest BCUT2D eigenvalue weighted by atomic mass is 10.2. The van der Waals surface area contributed by atoms with E-state index in [1.807, 2.05) is 6.07 Å². The van der Waals surface area contributed by atoms with Crippen molar-refractivity contribution >= 4 is 23.6 Å². The molecule has 0 saturated heterocycles. The van der Waals surface area contributed by atoms with Gasteiger partial charge in [-0.2, -0.15) is 0 Å². The molecule has 3 aromatic rings. The van der Waals surface area contributed by atoms with Crippen LogP contribution in [-0.2, 0) is 9.53 Å². The van der Waals surface area contributed by atoms with Crippen molar-refractivity contribution in [1.29, 1.82) is 0 Å². The van der Waals surface area contributed by atoms with E-state index in [0.29, 0.717) is 10.9 Å². The molecule has 7 heteroatoms. The van der Waals surface area contributed by atoms with Crippen molar-refractivity contribution < 1.29 is 18.7 Å². The van der Waals surface area contributed by atoms with Crippen molar-refractivity contribution in [1.82, 2.24) is 10.2 Å². The number of hydrogen-bond donors (Lipinski definition) is 0. The predicted octanol–water partition coefficient (Wildman–Crippen LogP) is 4.72. The summed E-state index contributed by atoms with van der Waals surface area (Å²) < 4.78 is 16.0. The van der Waals surface area contributed by atoms with Crippen LogP contribution in [0.1, 0.15) is 24.5 Å². The van der Waals surface area contributed by atoms with Crippen LogP contribution in [0.25, 0.3) is 17.5 Å². The van der Waals surface area contributed by atoms with Crippen molar-refractivity contribution in [2.75, 3.05) is 7.11 Å². The number of nitrogens with zero attached hydrogens (tertiary/aromatic N) is 2. The van der Waals surface area contributed by atoms with Gasteiger partial charge in [0, 0.05) is 16.7 Å². The topological polar surface area (TPSA) is 74.5 Å². The second-order valence-corrected chi connectivity index (χ2v) is 6.08. The smallest absolute Gasteiger partial charge is 0.331 e. The van der Waals surface area contributed by atoms with Crippen molar-refractivity contribution in [3.8, 4) is 17.2 Å². The average Bonchev–Trinajstić information content (AvgIpc) is 3.17. The van der Waals surface area contributed by atoms with E-state index in [0.717, 1.165) is 16.9 Å². The molecule has 0 bridgehead atoms. The van der Waals surface area contributed by atoms with E-state index >= 15 is 0 Å². The Morgan fingerprint density at radius 3 is 2.67 bits per heavy atom. The fourth-order valence-corrected chi connectivity index (χ4v) is 2.49. The molecule has 138 valence electrons. The van der Waals surface area contributed by atoms with Gasteiger partial charge >= 0.3 is 5.97 Å². The highest BCUT2D eigenvalue weighted by molar-refractivity contribution is 6.30. The van der Waals surface area contributed by atoms with Crippen molar-refractivity contribution in [3.05, 3.63) is 71.1 Å². The van der Waals surface area contributed by atoms with E-state index in [9.17, 15) is 4.79 Å². The molecule has 0 aliphatic heterocycles. The molecule has 27 heavy (non-hydrogen) atoms. The SMILES string of the molecule is COc1ccc(-c2nnc([C@@H](C)OC(=O)/C=C/c3cccc(Cl)c3)o2)cc1. The summed E-state index contributed by atoms with van der Waals surface area (Å²) in [5.74, 6) is 0.759. The Bertz CT molecular complexity index is 951. The maximum absolute atomic E-state index is 12.0. The molecular weight excluding hydrogens is 368 g/mol. The van der Waals surface area contributed by atoms with Crippen LogP contribution in [0.15, 0.2) is 59.0 Å². The third-order valence-electron chi connectivity index (χ3n) is 3.68. The Morgan fingerprint density at radius 1 is 1.19 bits per heavy atom. The number of aromatic nitrogens is 2. The first-order valence-electron chi connectivity index (χ1n) is 8.17. The van der Waals surface area contributed by atoms with Gasteiger partial charge in [-0.05, 0) is 55.0 Å². The molecule has 0 amide bonds. The number of esters is 1. The molecule has 0 radical (unpaired) electrons. The van der Waals surface area contributed by atoms with Crippen LogP contribution in [0, 0.1) is 0 Å². The number of hydrogen-bond acceptors (Lipinski definition) is 6. The van der Waals surface area contributed by atoms with Gasteiger partial charge in [-0.1, -0.05) is 23.7 Å². The van der Waals surface area contributed by atoms with Crippen LogP contribution in [-0.4, -0.2) is 23.3 Å². The summed E-state index contributed by atoms with van der Waals surface area (Å²) in [5.41, 5.74) is 1.54. The lowest BCUT2D eigenvalue weighted by Gasteiger charge is -2.06. The molecule has 0 N–H and O–H groups in total. The summed E-state index contributed by atoms with van der Waals surface area (Å²) in [6, 6.07) is 14.3. The van der Waals surface area contributed by atoms with Crippen LogP contribution in [0.4, 0.5) is 0 Å². The van der Waals surface area contributed by atoms with E-state index in [1.54, 1.807) is 62.6 Å². The van der Waals surface area contributed by atoms with Gasteiger partial charge in [0.05, 0.1) is 7.11 Å². The lowest BCUT2D eigenvalue weighted by molar-refractivity contribution is -0.143. The summed E-state index contributed by atoms with van der Waals surface area (Å²) in [6.07, 6.45) is 2.27. The van der Waals surface area contributed by atoms with E-state index in [2.05, 4.69) is 10.2 Å². The molecule has 0 fully saturated rings. The number of carbonyl (C=O) groups is 1. The Hall–Kier alpha value is -3.12. The Morgan fingerprint density at radius 2 is 1.96 bits per heavy atom. The molecule has 2 aromatic carbocycles. The molecular formula is C20H17ClN2O4. The first-order chi connectivity index (χ1) is 13.0. The van der Waals surface area contributed by atoms with Crippen LogP contribution in [0.5, 0.6) is 5.75 Å². The summed E-state index contributed by atoms with van der Waals surface area (Å²) in [4.78, 5) is 12.0. The zero-order chi connectivity index (χ0) is 19.2. The van der Waals surface area contributed by atoms with Gasteiger partial charge in [-0.3, -0.25) is 0 Å². The van der Waals surface area contributed by atoms with E-state index in [-0.39, 0.29) is 5.89 Å². The van der Waals surface area contributed by atoms with Crippen molar-refractivity contribution in [2.24, 2.45) is 0 Å². The summed E-state index contributed by atoms with van der Waals surface area (Å²) in [7, 11) is 1.59. The highest BCUT2D eigenvalue weighted by Crippen LogP contribution is 2.24. The minimum absolute atomic E-state index is 0.213. The average molecular weight is 385 g/mol. The third-order valence-corrected chi connectivity index (χ3v) is 3.91. The molecule has 0 unspecified atom stereocenters. The Kier molecular flexibility index (Phi) is 5.88. The minimum Gasteiger partial charge on any atom is -0.497 e. The predicted molar refractivity (Wildman–Crippen MR) is 101 cm³/mol. The number of methoxy groups -OCH3 is 1. The third kappa shape index (κ3) is 4.95. The van der Waals surface area contributed by atoms with Crippen LogP contribution < -0.4 is 4.74 Å². The zero-order valence-corrected chi connectivity index (χ0v) is 15.5. The Balaban J connectivity index is 1.63. The first-order valence-corrected chi connectivity index (χ1v) is 8.55. The number of rotatable bonds is 6. The van der Waals surface area contributed by atoms with Crippen LogP contribution >= 0.6 is 11.6 Å². The van der Waals surface area contributed by atoms with E-state index < -0.39 is 12.1 Å². The highest BCUT2D eigenvalue weighted by atomic mass is 35.5. The Labute approximate surface area is 161 Å². The molecule has 0 aliphatic rings. The van der Waals surface area contributed by atoms with E-state index in [1.165, 1.54) is 6.08 Å². The van der Waals surface area contributed by atoms with Crippen molar-refractivity contribution in [3.63, 3.8) is 0 Å². The fraction of sp³-hybridized carbons (Fsp3) is 0.150. The van der Waals surface area contributed by atoms with Gasteiger partial charge in [-0.15, -0.1) is 10.2 Å². The van der Waals surface area contributed by atoms with Crippen molar-refractivity contribution in [2.45, 2.75) is 13.0 Å². The summed E-state index contributed by atoms with van der Waals surface area (Å²) in [6.45, 7) is 1.66. The number of halogens is 1. The zero-order valence-electron chi connectivity index (χ0n) is 14.8. The molecule has 0 saturated carbocycles. The largest absolute Gasteiger partial charge is 0.497 e. The van der Waals surface area contributed by atoms with Gasteiger partial charge in [0.15, 0.2) is 6.10 Å². The highest BCUT2D eigenvalue weighted by Gasteiger charge is 2.18. The molecule has 0 spiro atoms. The second kappa shape index (κ2) is 8.51. The van der Waals surface area contributed by atoms with Gasteiger partial charge < -0.3 is 13.9 Å². The quantitative estimate of drug-likeness (QED) is 0.452. The normalized spacial score (nSPS) is 12.1. The van der Waals surface area contributed by atoms with Crippen LogP contribution in [0.3, 0.4) is 0 Å². The van der Waals surface area contributed by atoms with Gasteiger partial charge in [-0.25, -0.2) is 4.79 Å². The van der Waals surface area contributed by atoms with E-state index in [4.69, 9.17) is 25.5 Å². The van der Waals surface area contributed by atoms with Crippen LogP contribution in [0.2, 0.25) is 5.02 Å². The maximum atomic E-state index is 12.0.